The molecule has 1 aromatic carbocycles. The molecule has 0 aliphatic carbocycles. The molecule has 0 bridgehead atoms. The minimum absolute atomic E-state index is 0. The molecule has 0 radical (unpaired) electrons. The third-order valence-electron chi connectivity index (χ3n) is 4.36. The quantitative estimate of drug-likeness (QED) is 0.419. The van der Waals surface area contributed by atoms with Crippen LogP contribution in [-0.4, -0.2) is 13.1 Å². The van der Waals surface area contributed by atoms with Crippen LogP contribution < -0.4 is 33.4 Å². The van der Waals surface area contributed by atoms with E-state index < -0.39 is 0 Å². The summed E-state index contributed by atoms with van der Waals surface area (Å²) in [7, 11) is 2.07. The van der Waals surface area contributed by atoms with Gasteiger partial charge in [0.05, 0.1) is 0 Å². The molecule has 0 N–H and O–H groups in total. The molecule has 0 aliphatic rings. The van der Waals surface area contributed by atoms with Crippen molar-refractivity contribution in [3.05, 3.63) is 59.9 Å². The van der Waals surface area contributed by atoms with E-state index >= 15 is 0 Å². The molecular weight excluding hydrogens is 419 g/mol. The molecule has 0 aliphatic heterocycles. The first kappa shape index (κ1) is 21.7. The first-order chi connectivity index (χ1) is 11.7. The number of hydrogen-bond acceptors (Lipinski definition) is 1. The lowest BCUT2D eigenvalue weighted by Crippen LogP contribution is -3.00. The number of benzene rings is 1. The highest BCUT2D eigenvalue weighted by Gasteiger charge is 2.05. The van der Waals surface area contributed by atoms with E-state index in [9.17, 15) is 0 Å². The number of rotatable bonds is 9. The van der Waals surface area contributed by atoms with Crippen LogP contribution >= 0.6 is 0 Å². The predicted molar refractivity (Wildman–Crippen MR) is 105 cm³/mol. The van der Waals surface area contributed by atoms with Crippen molar-refractivity contribution >= 4 is 17.8 Å². The number of anilines is 1. The van der Waals surface area contributed by atoms with Crippen molar-refractivity contribution in [1.29, 1.82) is 0 Å². The molecule has 1 aromatic heterocycles. The molecule has 0 spiro atoms. The summed E-state index contributed by atoms with van der Waals surface area (Å²) in [4.78, 5) is 2.53. The zero-order valence-electron chi connectivity index (χ0n) is 15.8. The summed E-state index contributed by atoms with van der Waals surface area (Å²) in [5.74, 6) is 0. The van der Waals surface area contributed by atoms with E-state index in [0.717, 1.165) is 13.1 Å². The van der Waals surface area contributed by atoms with Crippen molar-refractivity contribution in [2.45, 2.75) is 39.5 Å². The smallest absolute Gasteiger partial charge is 0.204 e. The molecule has 2 rings (SSSR count). The number of hydrogen-bond donors (Lipinski definition) is 0. The van der Waals surface area contributed by atoms with Crippen LogP contribution in [0.2, 0.25) is 0 Å². The summed E-state index contributed by atoms with van der Waals surface area (Å²) in [6.07, 6.45) is 11.4. The standard InChI is InChI=1S/C22H31N2.HI/c1-4-6-18-24(19-7-5-2)22-15-12-20(13-16-22)11-14-21-10-8-9-17-23(21)3;/h8-17H,4-7,18-19H2,1-3H3;1H/q+1;/p-1. The SMILES string of the molecule is CCCCN(CCCC)c1ccc(C=Cc2cccc[n+]2C)cc1.[I-]. The van der Waals surface area contributed by atoms with E-state index in [-0.39, 0.29) is 24.0 Å². The summed E-state index contributed by atoms with van der Waals surface area (Å²) in [6, 6.07) is 15.2. The van der Waals surface area contributed by atoms with Crippen molar-refractivity contribution in [2.75, 3.05) is 18.0 Å². The van der Waals surface area contributed by atoms with E-state index in [1.165, 1.54) is 42.6 Å². The Balaban J connectivity index is 0.00000312. The third kappa shape index (κ3) is 7.18. The van der Waals surface area contributed by atoms with Crippen LogP contribution in [0.5, 0.6) is 0 Å². The van der Waals surface area contributed by atoms with Crippen molar-refractivity contribution in [2.24, 2.45) is 7.05 Å². The van der Waals surface area contributed by atoms with Gasteiger partial charge >= 0.3 is 0 Å². The number of pyridine rings is 1. The lowest BCUT2D eigenvalue weighted by Gasteiger charge is -2.24. The van der Waals surface area contributed by atoms with E-state index in [2.05, 4.69) is 85.1 Å². The molecule has 1 heterocycles. The molecule has 3 heteroatoms. The van der Waals surface area contributed by atoms with Gasteiger partial charge in [0.2, 0.25) is 5.69 Å². The van der Waals surface area contributed by atoms with Crippen LogP contribution in [0.1, 0.15) is 50.8 Å². The van der Waals surface area contributed by atoms with Gasteiger partial charge in [-0.2, -0.15) is 0 Å². The van der Waals surface area contributed by atoms with Crippen molar-refractivity contribution in [3.63, 3.8) is 0 Å². The van der Waals surface area contributed by atoms with E-state index in [0.29, 0.717) is 0 Å². The van der Waals surface area contributed by atoms with Crippen LogP contribution in [0.25, 0.3) is 12.2 Å². The first-order valence-corrected chi connectivity index (χ1v) is 9.22. The molecule has 2 aromatic rings. The second kappa shape index (κ2) is 12.1. The highest BCUT2D eigenvalue weighted by molar-refractivity contribution is 5.68. The summed E-state index contributed by atoms with van der Waals surface area (Å²) in [6.45, 7) is 6.84. The number of nitrogens with zero attached hydrogens (tertiary/aromatic N) is 2. The molecular formula is C22H31IN2. The largest absolute Gasteiger partial charge is 1.00 e. The number of unbranched alkanes of at least 4 members (excludes halogenated alkanes) is 2. The lowest BCUT2D eigenvalue weighted by atomic mass is 10.1. The summed E-state index contributed by atoms with van der Waals surface area (Å²) in [5, 5.41) is 0. The van der Waals surface area contributed by atoms with Gasteiger partial charge < -0.3 is 28.9 Å². The fourth-order valence-electron chi connectivity index (χ4n) is 2.76. The van der Waals surface area contributed by atoms with Gasteiger partial charge in [-0.05, 0) is 42.7 Å². The molecule has 0 amide bonds. The molecule has 0 unspecified atom stereocenters. The topological polar surface area (TPSA) is 7.12 Å². The Labute approximate surface area is 170 Å². The number of aryl methyl sites for hydroxylation is 1. The van der Waals surface area contributed by atoms with Gasteiger partial charge in [-0.1, -0.05) is 38.8 Å². The van der Waals surface area contributed by atoms with Crippen LogP contribution in [0.3, 0.4) is 0 Å². The minimum atomic E-state index is 0. The van der Waals surface area contributed by atoms with E-state index in [1.54, 1.807) is 0 Å². The van der Waals surface area contributed by atoms with Gasteiger partial charge in [-0.3, -0.25) is 0 Å². The molecule has 136 valence electrons. The van der Waals surface area contributed by atoms with Crippen molar-refractivity contribution in [3.8, 4) is 0 Å². The molecule has 0 atom stereocenters. The van der Waals surface area contributed by atoms with Crippen LogP contribution in [-0.2, 0) is 7.05 Å². The van der Waals surface area contributed by atoms with E-state index in [4.69, 9.17) is 0 Å². The second-order valence-electron chi connectivity index (χ2n) is 6.36. The number of aromatic nitrogens is 1. The fourth-order valence-corrected chi connectivity index (χ4v) is 2.76. The zero-order valence-corrected chi connectivity index (χ0v) is 17.9. The van der Waals surface area contributed by atoms with Gasteiger partial charge in [0.1, 0.15) is 7.05 Å². The Kier molecular flexibility index (Phi) is 10.5. The maximum absolute atomic E-state index is 2.53. The third-order valence-corrected chi connectivity index (χ3v) is 4.36. The van der Waals surface area contributed by atoms with Crippen molar-refractivity contribution in [1.82, 2.24) is 0 Å². The Morgan fingerprint density at radius 1 is 0.880 bits per heavy atom. The Hall–Kier alpha value is -1.36. The van der Waals surface area contributed by atoms with Gasteiger partial charge in [0.15, 0.2) is 6.20 Å². The summed E-state index contributed by atoms with van der Waals surface area (Å²) >= 11 is 0. The molecule has 25 heavy (non-hydrogen) atoms. The average molecular weight is 450 g/mol. The van der Waals surface area contributed by atoms with Gasteiger partial charge in [0, 0.05) is 37.0 Å². The average Bonchev–Trinajstić information content (AvgIpc) is 2.62. The Morgan fingerprint density at radius 2 is 1.52 bits per heavy atom. The predicted octanol–water partition coefficient (Wildman–Crippen LogP) is 2.09. The molecule has 0 saturated heterocycles. The zero-order chi connectivity index (χ0) is 17.2. The Bertz CT molecular complexity index is 627. The maximum Gasteiger partial charge on any atom is 0.204 e. The molecule has 2 nitrogen and oxygen atoms in total. The lowest BCUT2D eigenvalue weighted by molar-refractivity contribution is -0.673. The van der Waals surface area contributed by atoms with Crippen LogP contribution in [0, 0.1) is 0 Å². The number of halogens is 1. The highest BCUT2D eigenvalue weighted by Crippen LogP contribution is 2.18. The molecule has 0 saturated carbocycles. The summed E-state index contributed by atoms with van der Waals surface area (Å²) < 4.78 is 2.13. The first-order valence-electron chi connectivity index (χ1n) is 9.22. The fraction of sp³-hybridized carbons (Fsp3) is 0.409. The van der Waals surface area contributed by atoms with Crippen LogP contribution in [0.15, 0.2) is 48.7 Å². The highest BCUT2D eigenvalue weighted by atomic mass is 127. The van der Waals surface area contributed by atoms with E-state index in [1.807, 2.05) is 6.07 Å². The van der Waals surface area contributed by atoms with Gasteiger partial charge in [-0.15, -0.1) is 0 Å². The normalized spacial score (nSPS) is 10.7. The van der Waals surface area contributed by atoms with Gasteiger partial charge in [0.25, 0.3) is 0 Å². The second-order valence-corrected chi connectivity index (χ2v) is 6.36. The van der Waals surface area contributed by atoms with Crippen molar-refractivity contribution < 1.29 is 28.5 Å². The molecule has 0 fully saturated rings. The summed E-state index contributed by atoms with van der Waals surface area (Å²) in [5.41, 5.74) is 3.79. The van der Waals surface area contributed by atoms with Crippen LogP contribution in [0.4, 0.5) is 5.69 Å². The monoisotopic (exact) mass is 450 g/mol. The minimum Gasteiger partial charge on any atom is -1.00 e. The Morgan fingerprint density at radius 3 is 2.08 bits per heavy atom. The van der Waals surface area contributed by atoms with Gasteiger partial charge in [-0.25, -0.2) is 4.57 Å². The maximum atomic E-state index is 2.53.